The summed E-state index contributed by atoms with van der Waals surface area (Å²) in [7, 11) is 0. The number of carbonyl (C=O) groups excluding carboxylic acids is 1. The maximum Gasteiger partial charge on any atom is 0.411 e. The van der Waals surface area contributed by atoms with E-state index in [0.717, 1.165) is 0 Å². The van der Waals surface area contributed by atoms with E-state index in [1.165, 1.54) is 0 Å². The lowest BCUT2D eigenvalue weighted by Crippen LogP contribution is -2.26. The van der Waals surface area contributed by atoms with E-state index in [4.69, 9.17) is 0 Å². The molecule has 0 aliphatic rings. The highest BCUT2D eigenvalue weighted by Crippen LogP contribution is 2.14. The zero-order valence-electron chi connectivity index (χ0n) is 8.99. The predicted octanol–water partition coefficient (Wildman–Crippen LogP) is 1.48. The van der Waals surface area contributed by atoms with Crippen molar-refractivity contribution in [3.8, 4) is 11.8 Å². The Labute approximate surface area is 92.3 Å². The van der Waals surface area contributed by atoms with Gasteiger partial charge in [0, 0.05) is 19.4 Å². The van der Waals surface area contributed by atoms with E-state index in [-0.39, 0.29) is 18.9 Å². The van der Waals surface area contributed by atoms with E-state index in [9.17, 15) is 18.0 Å². The molecule has 0 atom stereocenters. The first-order valence-corrected chi connectivity index (χ1v) is 4.76. The average Bonchev–Trinajstić information content (AvgIpc) is 2.18. The maximum atomic E-state index is 11.6. The lowest BCUT2D eigenvalue weighted by molar-refractivity contribution is -0.174. The number of rotatable bonds is 6. The molecule has 0 aromatic carbocycles. The fraction of sp³-hybridized carbons (Fsp3) is 0.700. The van der Waals surface area contributed by atoms with Crippen LogP contribution in [0, 0.1) is 11.8 Å². The number of amides is 1. The molecule has 1 amide bonds. The van der Waals surface area contributed by atoms with Crippen LogP contribution in [-0.4, -0.2) is 31.8 Å². The number of nitrogens with one attached hydrogen (secondary N) is 1. The van der Waals surface area contributed by atoms with E-state index in [1.54, 1.807) is 6.92 Å². The van der Waals surface area contributed by atoms with Gasteiger partial charge in [-0.25, -0.2) is 0 Å². The first-order chi connectivity index (χ1) is 7.45. The second kappa shape index (κ2) is 7.99. The third-order valence-electron chi connectivity index (χ3n) is 1.49. The minimum absolute atomic E-state index is 0.0738. The van der Waals surface area contributed by atoms with Crippen molar-refractivity contribution in [2.24, 2.45) is 0 Å². The topological polar surface area (TPSA) is 38.3 Å². The third kappa shape index (κ3) is 10.9. The Balaban J connectivity index is 3.40. The van der Waals surface area contributed by atoms with Gasteiger partial charge in [0.15, 0.2) is 0 Å². The van der Waals surface area contributed by atoms with E-state index in [0.29, 0.717) is 13.0 Å². The molecule has 0 aromatic heterocycles. The van der Waals surface area contributed by atoms with Crippen LogP contribution in [0.4, 0.5) is 13.2 Å². The van der Waals surface area contributed by atoms with Crippen molar-refractivity contribution in [3.63, 3.8) is 0 Å². The molecule has 0 aromatic rings. The molecule has 1 N–H and O–H groups in total. The largest absolute Gasteiger partial charge is 0.411 e. The molecule has 0 unspecified atom stereocenters. The lowest BCUT2D eigenvalue weighted by atomic mass is 10.4. The Morgan fingerprint density at radius 1 is 1.44 bits per heavy atom. The molecule has 0 saturated heterocycles. The maximum absolute atomic E-state index is 11.6. The number of hydrogen-bond acceptors (Lipinski definition) is 2. The smallest absolute Gasteiger partial charge is 0.372 e. The van der Waals surface area contributed by atoms with Crippen molar-refractivity contribution in [1.29, 1.82) is 0 Å². The molecule has 0 radical (unpaired) electrons. The minimum atomic E-state index is -4.34. The van der Waals surface area contributed by atoms with E-state index >= 15 is 0 Å². The summed E-state index contributed by atoms with van der Waals surface area (Å²) in [5.41, 5.74) is 0. The van der Waals surface area contributed by atoms with Crippen LogP contribution in [0.2, 0.25) is 0 Å². The van der Waals surface area contributed by atoms with Gasteiger partial charge in [0.25, 0.3) is 0 Å². The molecule has 3 nitrogen and oxygen atoms in total. The zero-order valence-corrected chi connectivity index (χ0v) is 8.99. The Bertz CT molecular complexity index is 265. The number of carbonyl (C=O) groups is 1. The molecule has 0 rings (SSSR count). The molecule has 92 valence electrons. The van der Waals surface area contributed by atoms with E-state index < -0.39 is 12.8 Å². The Kier molecular flexibility index (Phi) is 7.38. The highest BCUT2D eigenvalue weighted by Gasteiger charge is 2.27. The van der Waals surface area contributed by atoms with Gasteiger partial charge >= 0.3 is 6.18 Å². The summed E-state index contributed by atoms with van der Waals surface area (Å²) in [6, 6.07) is 0. The number of hydrogen-bond donors (Lipinski definition) is 1. The first kappa shape index (κ1) is 14.8. The van der Waals surface area contributed by atoms with Gasteiger partial charge in [-0.3, -0.25) is 4.79 Å². The molecule has 0 spiro atoms. The second-order valence-electron chi connectivity index (χ2n) is 2.94. The van der Waals surface area contributed by atoms with Gasteiger partial charge in [-0.05, 0) is 6.92 Å². The van der Waals surface area contributed by atoms with Gasteiger partial charge < -0.3 is 10.1 Å². The van der Waals surface area contributed by atoms with Crippen molar-refractivity contribution < 1.29 is 22.7 Å². The molecule has 0 aliphatic carbocycles. The summed E-state index contributed by atoms with van der Waals surface area (Å²) in [5.74, 6) is 5.07. The second-order valence-corrected chi connectivity index (χ2v) is 2.94. The molecular weight excluding hydrogens is 223 g/mol. The van der Waals surface area contributed by atoms with Crippen LogP contribution in [0.25, 0.3) is 0 Å². The van der Waals surface area contributed by atoms with Crippen molar-refractivity contribution >= 4 is 5.91 Å². The van der Waals surface area contributed by atoms with Gasteiger partial charge in [0.2, 0.25) is 5.91 Å². The van der Waals surface area contributed by atoms with Gasteiger partial charge in [0.1, 0.15) is 6.61 Å². The fourth-order valence-corrected chi connectivity index (χ4v) is 0.831. The molecule has 0 saturated carbocycles. The van der Waals surface area contributed by atoms with Gasteiger partial charge in [-0.15, -0.1) is 11.8 Å². The number of alkyl halides is 3. The highest BCUT2D eigenvalue weighted by atomic mass is 19.4. The summed E-state index contributed by atoms with van der Waals surface area (Å²) in [6.45, 7) is 0.540. The van der Waals surface area contributed by atoms with Crippen LogP contribution in [0.5, 0.6) is 0 Å². The van der Waals surface area contributed by atoms with Crippen LogP contribution in [-0.2, 0) is 9.53 Å². The Morgan fingerprint density at radius 2 is 2.12 bits per heavy atom. The molecule has 6 heteroatoms. The van der Waals surface area contributed by atoms with Gasteiger partial charge in [0.05, 0.1) is 6.61 Å². The summed E-state index contributed by atoms with van der Waals surface area (Å²) >= 11 is 0. The summed E-state index contributed by atoms with van der Waals surface area (Å²) < 4.78 is 39.2. The van der Waals surface area contributed by atoms with Crippen molar-refractivity contribution in [2.45, 2.75) is 25.9 Å². The van der Waals surface area contributed by atoms with Crippen LogP contribution >= 0.6 is 0 Å². The van der Waals surface area contributed by atoms with Gasteiger partial charge in [-0.1, -0.05) is 0 Å². The molecule has 0 fully saturated rings. The lowest BCUT2D eigenvalue weighted by Gasteiger charge is -2.07. The standard InChI is InChI=1S/C10H14F3NO2/c1-2-3-4-6-14-9(15)5-7-16-8-10(11,12)13/h4-8H2,1H3,(H,14,15). The van der Waals surface area contributed by atoms with Crippen molar-refractivity contribution in [3.05, 3.63) is 0 Å². The van der Waals surface area contributed by atoms with Crippen molar-refractivity contribution in [1.82, 2.24) is 5.32 Å². The van der Waals surface area contributed by atoms with Crippen LogP contribution in [0.15, 0.2) is 0 Å². The van der Waals surface area contributed by atoms with E-state index in [1.807, 2.05) is 0 Å². The first-order valence-electron chi connectivity index (χ1n) is 4.76. The molecule has 16 heavy (non-hydrogen) atoms. The number of ether oxygens (including phenoxy) is 1. The Morgan fingerprint density at radius 3 is 2.69 bits per heavy atom. The van der Waals surface area contributed by atoms with Gasteiger partial charge in [-0.2, -0.15) is 13.2 Å². The van der Waals surface area contributed by atoms with Crippen LogP contribution in [0.1, 0.15) is 19.8 Å². The summed E-state index contributed by atoms with van der Waals surface area (Å²) in [4.78, 5) is 11.0. The predicted molar refractivity (Wildman–Crippen MR) is 52.6 cm³/mol. The van der Waals surface area contributed by atoms with E-state index in [2.05, 4.69) is 21.9 Å². The summed E-state index contributed by atoms with van der Waals surface area (Å²) in [5, 5.41) is 2.51. The minimum Gasteiger partial charge on any atom is -0.372 e. The molecular formula is C10H14F3NO2. The third-order valence-corrected chi connectivity index (χ3v) is 1.49. The number of halogens is 3. The molecule has 0 aliphatic heterocycles. The van der Waals surface area contributed by atoms with Crippen molar-refractivity contribution in [2.75, 3.05) is 19.8 Å². The normalized spacial score (nSPS) is 10.5. The summed E-state index contributed by atoms with van der Waals surface area (Å²) in [6.07, 6.45) is -3.88. The fourth-order valence-electron chi connectivity index (χ4n) is 0.831. The highest BCUT2D eigenvalue weighted by molar-refractivity contribution is 5.75. The van der Waals surface area contributed by atoms with Crippen LogP contribution in [0.3, 0.4) is 0 Å². The Hall–Kier alpha value is -1.22. The van der Waals surface area contributed by atoms with Crippen LogP contribution < -0.4 is 5.32 Å². The average molecular weight is 237 g/mol. The quantitative estimate of drug-likeness (QED) is 0.561. The molecule has 0 bridgehead atoms. The SMILES string of the molecule is CC#CCCNC(=O)CCOCC(F)(F)F. The zero-order chi connectivity index (χ0) is 12.4. The monoisotopic (exact) mass is 237 g/mol. The molecule has 0 heterocycles.